The van der Waals surface area contributed by atoms with Crippen molar-refractivity contribution in [2.24, 2.45) is 0 Å². The molecule has 1 radical (unpaired) electrons. The predicted octanol–water partition coefficient (Wildman–Crippen LogP) is 0.516. The zero-order chi connectivity index (χ0) is 6.62. The summed E-state index contributed by atoms with van der Waals surface area (Å²) in [4.78, 5) is 0. The van der Waals surface area contributed by atoms with E-state index in [2.05, 4.69) is 15.6 Å². The fraction of sp³-hybridized carbons (Fsp3) is 1.00. The molecule has 9 heavy (non-hydrogen) atoms. The predicted molar refractivity (Wildman–Crippen MR) is 36.8 cm³/mol. The van der Waals surface area contributed by atoms with E-state index in [0.29, 0.717) is 6.42 Å². The molecular formula is C3H7ClNaO3S. The van der Waals surface area contributed by atoms with Crippen LogP contribution in [0.4, 0.5) is 0 Å². The van der Waals surface area contributed by atoms with Crippen LogP contribution in [-0.2, 0) is 13.9 Å². The van der Waals surface area contributed by atoms with E-state index in [1.807, 2.05) is 0 Å². The van der Waals surface area contributed by atoms with E-state index >= 15 is 0 Å². The number of halogens is 1. The second kappa shape index (κ2) is 5.95. The molecule has 3 nitrogen and oxygen atoms in total. The minimum Gasteiger partial charge on any atom is -0.198 e. The van der Waals surface area contributed by atoms with Crippen molar-refractivity contribution in [1.82, 2.24) is 0 Å². The Morgan fingerprint density at radius 2 is 2.00 bits per heavy atom. The Hall–Kier alpha value is 1.20. The molecule has 0 aliphatic carbocycles. The molecule has 0 heterocycles. The van der Waals surface area contributed by atoms with Gasteiger partial charge in [-0.2, -0.15) is 12.2 Å². The van der Waals surface area contributed by atoms with Gasteiger partial charge in [0.05, 0.1) is 17.6 Å². The zero-order valence-corrected chi connectivity index (χ0v) is 9.00. The van der Waals surface area contributed by atoms with Gasteiger partial charge in [0.25, 0.3) is 10.1 Å². The first-order chi connectivity index (χ1) is 3.62. The first-order valence-electron chi connectivity index (χ1n) is 2.15. The Morgan fingerprint density at radius 3 is 2.11 bits per heavy atom. The van der Waals surface area contributed by atoms with Crippen LogP contribution >= 0.6 is 11.9 Å². The molecule has 0 aromatic rings. The van der Waals surface area contributed by atoms with E-state index < -0.39 is 10.1 Å². The van der Waals surface area contributed by atoms with E-state index in [0.717, 1.165) is 0 Å². The van der Waals surface area contributed by atoms with Crippen molar-refractivity contribution in [3.05, 3.63) is 0 Å². The fourth-order valence-electron chi connectivity index (χ4n) is 0.281. The largest absolute Gasteiger partial charge is 0.283 e. The van der Waals surface area contributed by atoms with E-state index in [1.54, 1.807) is 6.92 Å². The molecule has 0 spiro atoms. The van der Waals surface area contributed by atoms with Crippen molar-refractivity contribution in [1.29, 1.82) is 0 Å². The minimum absolute atomic E-state index is 0. The summed E-state index contributed by atoms with van der Waals surface area (Å²) in [6.45, 7) is 1.73. The molecule has 0 N–H and O–H groups in total. The second-order valence-corrected chi connectivity index (χ2v) is 3.35. The third-order valence-corrected chi connectivity index (χ3v) is 2.23. The molecule has 0 fully saturated rings. The molecule has 0 saturated heterocycles. The van der Waals surface area contributed by atoms with Gasteiger partial charge >= 0.3 is 0 Å². The maximum Gasteiger partial charge on any atom is 0.283 e. The molecule has 0 amide bonds. The van der Waals surface area contributed by atoms with Gasteiger partial charge in [-0.1, -0.05) is 6.92 Å². The average Bonchev–Trinajstić information content (AvgIpc) is 1.67. The molecule has 0 bridgehead atoms. The van der Waals surface area contributed by atoms with Gasteiger partial charge in [-0.25, -0.2) is 0 Å². The van der Waals surface area contributed by atoms with E-state index in [-0.39, 0.29) is 35.3 Å². The third-order valence-electron chi connectivity index (χ3n) is 0.550. The van der Waals surface area contributed by atoms with Crippen molar-refractivity contribution in [2.45, 2.75) is 13.3 Å². The van der Waals surface area contributed by atoms with Crippen LogP contribution < -0.4 is 0 Å². The first-order valence-corrected chi connectivity index (χ1v) is 4.04. The summed E-state index contributed by atoms with van der Waals surface area (Å²) in [6.07, 6.45) is 0.523. The van der Waals surface area contributed by atoms with Gasteiger partial charge in [0.1, 0.15) is 0 Å². The number of hydrogen-bond acceptors (Lipinski definition) is 3. The normalized spacial score (nSPS) is 10.4. The molecule has 0 unspecified atom stereocenters. The van der Waals surface area contributed by atoms with Crippen LogP contribution in [-0.4, -0.2) is 43.7 Å². The third kappa shape index (κ3) is 7.09. The Balaban J connectivity index is 0. The van der Waals surface area contributed by atoms with E-state index in [9.17, 15) is 8.42 Å². The molecule has 0 aliphatic heterocycles. The first kappa shape index (κ1) is 12.8. The van der Waals surface area contributed by atoms with Crippen LogP contribution in [0.5, 0.6) is 0 Å². The topological polar surface area (TPSA) is 43.4 Å². The Bertz CT molecular complexity index is 143. The maximum absolute atomic E-state index is 10.2. The SMILES string of the molecule is CCCS(=O)(=O)OCl.[Na]. The number of hydrogen-bond donors (Lipinski definition) is 0. The Morgan fingerprint density at radius 1 is 1.56 bits per heavy atom. The van der Waals surface area contributed by atoms with Gasteiger partial charge in [-0.15, -0.1) is 0 Å². The van der Waals surface area contributed by atoms with Crippen LogP contribution in [0.25, 0.3) is 0 Å². The summed E-state index contributed by atoms with van der Waals surface area (Å²) in [5.41, 5.74) is 0. The summed E-state index contributed by atoms with van der Waals surface area (Å²) < 4.78 is 24.1. The van der Waals surface area contributed by atoms with Crippen LogP contribution in [0.1, 0.15) is 13.3 Å². The van der Waals surface area contributed by atoms with Crippen molar-refractivity contribution in [3.8, 4) is 0 Å². The Labute approximate surface area is 82.3 Å². The average molecular weight is 182 g/mol. The van der Waals surface area contributed by atoms with Crippen LogP contribution in [0.2, 0.25) is 0 Å². The minimum atomic E-state index is -3.40. The van der Waals surface area contributed by atoms with Gasteiger partial charge in [-0.05, 0) is 6.42 Å². The second-order valence-electron chi connectivity index (χ2n) is 1.32. The van der Waals surface area contributed by atoms with Gasteiger partial charge < -0.3 is 0 Å². The molecule has 0 aromatic heterocycles. The maximum atomic E-state index is 10.2. The standard InChI is InChI=1S/C3H7ClO3S.Na/c1-2-3-8(5,6)7-4;/h2-3H2,1H3;. The summed E-state index contributed by atoms with van der Waals surface area (Å²) in [5.74, 6) is -0.0174. The van der Waals surface area contributed by atoms with Gasteiger partial charge in [0.2, 0.25) is 0 Å². The molecule has 0 aliphatic rings. The van der Waals surface area contributed by atoms with Gasteiger partial charge in [-0.3, -0.25) is 0 Å². The summed E-state index contributed by atoms with van der Waals surface area (Å²) >= 11 is 4.58. The fourth-order valence-corrected chi connectivity index (χ4v) is 1.03. The van der Waals surface area contributed by atoms with Crippen LogP contribution in [0.15, 0.2) is 0 Å². The molecule has 0 atom stereocenters. The van der Waals surface area contributed by atoms with Crippen molar-refractivity contribution < 1.29 is 12.2 Å². The smallest absolute Gasteiger partial charge is 0.198 e. The van der Waals surface area contributed by atoms with E-state index in [1.165, 1.54) is 0 Å². The summed E-state index contributed by atoms with van der Waals surface area (Å²) in [6, 6.07) is 0. The summed E-state index contributed by atoms with van der Waals surface area (Å²) in [5, 5.41) is 0. The van der Waals surface area contributed by atoms with Crippen LogP contribution in [0.3, 0.4) is 0 Å². The molecule has 6 heteroatoms. The van der Waals surface area contributed by atoms with Crippen LogP contribution in [0, 0.1) is 0 Å². The molecular weight excluding hydrogens is 175 g/mol. The zero-order valence-electron chi connectivity index (χ0n) is 5.43. The summed E-state index contributed by atoms with van der Waals surface area (Å²) in [7, 11) is -3.40. The van der Waals surface area contributed by atoms with E-state index in [4.69, 9.17) is 0 Å². The van der Waals surface area contributed by atoms with Crippen molar-refractivity contribution in [3.63, 3.8) is 0 Å². The quantitative estimate of drug-likeness (QED) is 0.596. The van der Waals surface area contributed by atoms with Gasteiger partial charge in [0, 0.05) is 29.6 Å². The van der Waals surface area contributed by atoms with Gasteiger partial charge in [0.15, 0.2) is 0 Å². The number of rotatable bonds is 3. The van der Waals surface area contributed by atoms with Crippen molar-refractivity contribution in [2.75, 3.05) is 5.75 Å². The Kier molecular flexibility index (Phi) is 8.48. The molecule has 0 rings (SSSR count). The molecule has 0 aromatic carbocycles. The monoisotopic (exact) mass is 181 g/mol. The van der Waals surface area contributed by atoms with Crippen molar-refractivity contribution >= 4 is 51.5 Å². The molecule has 51 valence electrons. The molecule has 0 saturated carbocycles.